The molecule has 7 heteroatoms. The Labute approximate surface area is 118 Å². The first-order valence-electron chi connectivity index (χ1n) is 6.26. The minimum Gasteiger partial charge on any atom is -0.270 e. The Morgan fingerprint density at radius 3 is 2.45 bits per heavy atom. The zero-order valence-electron chi connectivity index (χ0n) is 12.1. The SMILES string of the molecule is Cc1cc(C)c2c(n1)S(=O)(=O)N(C)c1c-2nn(C)c1C. The highest BCUT2D eigenvalue weighted by Gasteiger charge is 2.38. The van der Waals surface area contributed by atoms with Gasteiger partial charge in [-0.05, 0) is 32.4 Å². The number of sulfonamides is 1. The van der Waals surface area contributed by atoms with Crippen LogP contribution in [0.15, 0.2) is 11.1 Å². The summed E-state index contributed by atoms with van der Waals surface area (Å²) in [7, 11) is -0.262. The third-order valence-corrected chi connectivity index (χ3v) is 5.46. The van der Waals surface area contributed by atoms with Crippen molar-refractivity contribution in [1.82, 2.24) is 14.8 Å². The first kappa shape index (κ1) is 13.1. The molecule has 0 fully saturated rings. The maximum Gasteiger partial charge on any atom is 0.282 e. The molecule has 0 saturated heterocycles. The van der Waals surface area contributed by atoms with E-state index in [2.05, 4.69) is 10.1 Å². The normalized spacial score (nSPS) is 15.9. The zero-order valence-corrected chi connectivity index (χ0v) is 12.9. The number of hydrogen-bond acceptors (Lipinski definition) is 4. The van der Waals surface area contributed by atoms with E-state index in [0.29, 0.717) is 22.6 Å². The lowest BCUT2D eigenvalue weighted by Gasteiger charge is -2.26. The number of fused-ring (bicyclic) bond motifs is 3. The summed E-state index contributed by atoms with van der Waals surface area (Å²) >= 11 is 0. The highest BCUT2D eigenvalue weighted by atomic mass is 32.2. The Hall–Kier alpha value is -1.89. The molecule has 2 aromatic heterocycles. The van der Waals surface area contributed by atoms with Crippen LogP contribution in [0, 0.1) is 20.8 Å². The van der Waals surface area contributed by atoms with E-state index in [9.17, 15) is 8.42 Å². The average molecular weight is 292 g/mol. The Kier molecular flexibility index (Phi) is 2.50. The monoisotopic (exact) mass is 292 g/mol. The standard InChI is InChI=1S/C13H16N4O2S/c1-7-6-8(2)14-13-10(7)11-12(9(3)16(4)15-11)17(5)20(13,18)19/h6H,1-5H3. The van der Waals surface area contributed by atoms with Gasteiger partial charge < -0.3 is 0 Å². The predicted molar refractivity (Wildman–Crippen MR) is 76.2 cm³/mol. The number of pyridine rings is 1. The van der Waals surface area contributed by atoms with E-state index in [-0.39, 0.29) is 5.03 Å². The van der Waals surface area contributed by atoms with Gasteiger partial charge in [0.25, 0.3) is 10.0 Å². The van der Waals surface area contributed by atoms with Crippen LogP contribution in [0.4, 0.5) is 5.69 Å². The largest absolute Gasteiger partial charge is 0.282 e. The van der Waals surface area contributed by atoms with E-state index >= 15 is 0 Å². The molecule has 1 aliphatic rings. The van der Waals surface area contributed by atoms with E-state index in [4.69, 9.17) is 0 Å². The van der Waals surface area contributed by atoms with Crippen molar-refractivity contribution in [2.75, 3.05) is 11.4 Å². The third-order valence-electron chi connectivity index (χ3n) is 3.77. The van der Waals surface area contributed by atoms with Crippen LogP contribution in [0.5, 0.6) is 0 Å². The first-order chi connectivity index (χ1) is 9.25. The van der Waals surface area contributed by atoms with Crippen molar-refractivity contribution >= 4 is 15.7 Å². The van der Waals surface area contributed by atoms with Crippen LogP contribution in [0.1, 0.15) is 17.0 Å². The molecule has 0 amide bonds. The second kappa shape index (κ2) is 3.82. The molecule has 0 spiro atoms. The van der Waals surface area contributed by atoms with Gasteiger partial charge in [0.1, 0.15) is 11.4 Å². The van der Waals surface area contributed by atoms with E-state index in [0.717, 1.165) is 11.3 Å². The van der Waals surface area contributed by atoms with E-state index in [1.165, 1.54) is 4.31 Å². The number of nitrogens with zero attached hydrogens (tertiary/aromatic N) is 4. The molecule has 0 radical (unpaired) electrons. The highest BCUT2D eigenvalue weighted by Crippen LogP contribution is 2.43. The molecule has 0 aliphatic carbocycles. The number of rotatable bonds is 0. The topological polar surface area (TPSA) is 68.1 Å². The molecule has 2 aromatic rings. The van der Waals surface area contributed by atoms with Crippen LogP contribution in [0.2, 0.25) is 0 Å². The molecule has 6 nitrogen and oxygen atoms in total. The lowest BCUT2D eigenvalue weighted by molar-refractivity contribution is 0.589. The fourth-order valence-electron chi connectivity index (χ4n) is 2.67. The van der Waals surface area contributed by atoms with Gasteiger partial charge in [-0.2, -0.15) is 13.5 Å². The van der Waals surface area contributed by atoms with E-state index in [1.807, 2.05) is 27.0 Å². The molecular weight excluding hydrogens is 276 g/mol. The molecule has 106 valence electrons. The first-order valence-corrected chi connectivity index (χ1v) is 7.70. The van der Waals surface area contributed by atoms with Gasteiger partial charge >= 0.3 is 0 Å². The third kappa shape index (κ3) is 1.46. The molecule has 3 rings (SSSR count). The summed E-state index contributed by atoms with van der Waals surface area (Å²) in [5.41, 5.74) is 4.32. The van der Waals surface area contributed by atoms with Crippen LogP contribution in [-0.2, 0) is 17.1 Å². The van der Waals surface area contributed by atoms with Gasteiger partial charge in [0, 0.05) is 25.4 Å². The van der Waals surface area contributed by atoms with Crippen molar-refractivity contribution in [2.24, 2.45) is 7.05 Å². The van der Waals surface area contributed by atoms with Crippen molar-refractivity contribution < 1.29 is 8.42 Å². The molecule has 0 atom stereocenters. The van der Waals surface area contributed by atoms with Gasteiger partial charge in [0.2, 0.25) is 0 Å². The minimum atomic E-state index is -3.62. The smallest absolute Gasteiger partial charge is 0.270 e. The Morgan fingerprint density at radius 1 is 1.15 bits per heavy atom. The molecule has 0 N–H and O–H groups in total. The quantitative estimate of drug-likeness (QED) is 0.738. The van der Waals surface area contributed by atoms with E-state index in [1.54, 1.807) is 18.7 Å². The van der Waals surface area contributed by atoms with Crippen molar-refractivity contribution in [2.45, 2.75) is 25.8 Å². The molecule has 20 heavy (non-hydrogen) atoms. The maximum atomic E-state index is 12.7. The van der Waals surface area contributed by atoms with Gasteiger partial charge in [-0.3, -0.25) is 8.99 Å². The van der Waals surface area contributed by atoms with Gasteiger partial charge in [-0.25, -0.2) is 4.98 Å². The molecule has 0 aromatic carbocycles. The molecule has 0 bridgehead atoms. The predicted octanol–water partition coefficient (Wildman–Crippen LogP) is 1.55. The summed E-state index contributed by atoms with van der Waals surface area (Å²) in [5.74, 6) is 0. The Bertz CT molecular complexity index is 837. The Morgan fingerprint density at radius 2 is 1.80 bits per heavy atom. The van der Waals surface area contributed by atoms with Crippen LogP contribution in [0.3, 0.4) is 0 Å². The zero-order chi connectivity index (χ0) is 14.8. The number of hydrogen-bond donors (Lipinski definition) is 0. The molecule has 3 heterocycles. The minimum absolute atomic E-state index is 0.100. The van der Waals surface area contributed by atoms with Crippen molar-refractivity contribution in [3.05, 3.63) is 23.0 Å². The second-order valence-electron chi connectivity index (χ2n) is 5.14. The summed E-state index contributed by atoms with van der Waals surface area (Å²) in [6, 6.07) is 1.88. The summed E-state index contributed by atoms with van der Waals surface area (Å²) in [5, 5.41) is 4.57. The van der Waals surface area contributed by atoms with Crippen molar-refractivity contribution in [3.63, 3.8) is 0 Å². The van der Waals surface area contributed by atoms with Crippen LogP contribution in [0.25, 0.3) is 11.3 Å². The highest BCUT2D eigenvalue weighted by molar-refractivity contribution is 7.93. The lowest BCUT2D eigenvalue weighted by Crippen LogP contribution is -2.32. The average Bonchev–Trinajstić information content (AvgIpc) is 2.62. The maximum absolute atomic E-state index is 12.7. The van der Waals surface area contributed by atoms with E-state index < -0.39 is 10.0 Å². The molecular formula is C13H16N4O2S. The Balaban J connectivity index is 2.53. The fourth-order valence-corrected chi connectivity index (χ4v) is 4.16. The second-order valence-corrected chi connectivity index (χ2v) is 7.02. The van der Waals surface area contributed by atoms with Gasteiger partial charge in [0.05, 0.1) is 5.69 Å². The fraction of sp³-hybridized carbons (Fsp3) is 0.385. The lowest BCUT2D eigenvalue weighted by atomic mass is 10.1. The summed E-state index contributed by atoms with van der Waals surface area (Å²) in [4.78, 5) is 4.24. The van der Waals surface area contributed by atoms with Gasteiger partial charge in [-0.1, -0.05) is 0 Å². The summed E-state index contributed by atoms with van der Waals surface area (Å²) in [6.07, 6.45) is 0. The summed E-state index contributed by atoms with van der Waals surface area (Å²) in [6.45, 7) is 5.55. The molecule has 0 unspecified atom stereocenters. The molecule has 1 aliphatic heterocycles. The molecule has 0 saturated carbocycles. The number of aryl methyl sites for hydroxylation is 3. The van der Waals surface area contributed by atoms with Crippen LogP contribution < -0.4 is 4.31 Å². The van der Waals surface area contributed by atoms with Crippen LogP contribution >= 0.6 is 0 Å². The van der Waals surface area contributed by atoms with Gasteiger partial charge in [-0.15, -0.1) is 0 Å². The number of anilines is 1. The van der Waals surface area contributed by atoms with Crippen molar-refractivity contribution in [1.29, 1.82) is 0 Å². The van der Waals surface area contributed by atoms with Gasteiger partial charge in [0.15, 0.2) is 5.03 Å². The van der Waals surface area contributed by atoms with Crippen molar-refractivity contribution in [3.8, 4) is 11.3 Å². The summed E-state index contributed by atoms with van der Waals surface area (Å²) < 4.78 is 28.3. The number of aromatic nitrogens is 3. The van der Waals surface area contributed by atoms with Crippen LogP contribution in [-0.4, -0.2) is 30.2 Å².